The van der Waals surface area contributed by atoms with Crippen LogP contribution in [-0.4, -0.2) is 10.1 Å². The lowest BCUT2D eigenvalue weighted by atomic mass is 10.2. The summed E-state index contributed by atoms with van der Waals surface area (Å²) >= 11 is 4.71. The predicted octanol–water partition coefficient (Wildman–Crippen LogP) is 4.57. The number of phenols is 1. The lowest BCUT2D eigenvalue weighted by Gasteiger charge is -2.00. The van der Waals surface area contributed by atoms with E-state index >= 15 is 0 Å². The van der Waals surface area contributed by atoms with Crippen LogP contribution in [0.4, 0.5) is 4.39 Å². The molecule has 0 fully saturated rings. The third-order valence-corrected chi connectivity index (χ3v) is 4.10. The first-order valence-corrected chi connectivity index (χ1v) is 6.79. The van der Waals surface area contributed by atoms with Gasteiger partial charge in [0, 0.05) is 10.5 Å². The number of phenolic OH excluding ortho intramolecular Hbond substituents is 1. The van der Waals surface area contributed by atoms with Gasteiger partial charge in [-0.15, -0.1) is 11.3 Å². The Balaban J connectivity index is 2.19. The molecular weight excluding hydrogens is 317 g/mol. The summed E-state index contributed by atoms with van der Waals surface area (Å²) in [6.45, 7) is 0. The lowest BCUT2D eigenvalue weighted by Crippen LogP contribution is -1.78. The number of fused-ring (bicyclic) bond motifs is 1. The molecule has 2 aromatic carbocycles. The Morgan fingerprint density at radius 3 is 2.78 bits per heavy atom. The lowest BCUT2D eigenvalue weighted by molar-refractivity contribution is 0.477. The summed E-state index contributed by atoms with van der Waals surface area (Å²) in [5.74, 6) is -0.150. The zero-order valence-electron chi connectivity index (χ0n) is 9.02. The number of benzene rings is 2. The van der Waals surface area contributed by atoms with Crippen LogP contribution in [0.2, 0.25) is 0 Å². The molecule has 0 amide bonds. The summed E-state index contributed by atoms with van der Waals surface area (Å²) in [6.07, 6.45) is 0. The highest BCUT2D eigenvalue weighted by Gasteiger charge is 2.11. The average molecular weight is 324 g/mol. The molecule has 90 valence electrons. The summed E-state index contributed by atoms with van der Waals surface area (Å²) in [4.78, 5) is 4.34. The largest absolute Gasteiger partial charge is 0.507 e. The second-order valence-corrected chi connectivity index (χ2v) is 5.74. The van der Waals surface area contributed by atoms with Gasteiger partial charge in [0.15, 0.2) is 0 Å². The molecule has 0 saturated heterocycles. The Labute approximate surface area is 115 Å². The van der Waals surface area contributed by atoms with Crippen LogP contribution in [-0.2, 0) is 0 Å². The molecule has 3 rings (SSSR count). The van der Waals surface area contributed by atoms with E-state index in [4.69, 9.17) is 0 Å². The van der Waals surface area contributed by atoms with Crippen molar-refractivity contribution in [3.8, 4) is 16.3 Å². The molecule has 18 heavy (non-hydrogen) atoms. The van der Waals surface area contributed by atoms with Crippen LogP contribution in [0.1, 0.15) is 0 Å². The third-order valence-electron chi connectivity index (χ3n) is 2.54. The maximum Gasteiger partial charge on any atom is 0.128 e. The molecule has 0 saturated carbocycles. The predicted molar refractivity (Wildman–Crippen MR) is 74.4 cm³/mol. The highest BCUT2D eigenvalue weighted by molar-refractivity contribution is 9.10. The van der Waals surface area contributed by atoms with Gasteiger partial charge in [-0.05, 0) is 30.3 Å². The molecule has 0 bridgehead atoms. The quantitative estimate of drug-likeness (QED) is 0.711. The number of hydrogen-bond donors (Lipinski definition) is 1. The summed E-state index contributed by atoms with van der Waals surface area (Å²) < 4.78 is 14.8. The van der Waals surface area contributed by atoms with Gasteiger partial charge in [-0.2, -0.15) is 0 Å². The number of halogens is 2. The first-order chi connectivity index (χ1) is 8.63. The molecular formula is C13H7BrFNOS. The second-order valence-electron chi connectivity index (χ2n) is 3.79. The number of rotatable bonds is 1. The van der Waals surface area contributed by atoms with Crippen LogP contribution in [0.3, 0.4) is 0 Å². The van der Waals surface area contributed by atoms with E-state index < -0.39 is 0 Å². The van der Waals surface area contributed by atoms with Gasteiger partial charge >= 0.3 is 0 Å². The molecule has 0 aliphatic carbocycles. The number of aromatic hydroxyl groups is 1. The van der Waals surface area contributed by atoms with E-state index in [0.717, 1.165) is 9.17 Å². The van der Waals surface area contributed by atoms with Gasteiger partial charge in [-0.25, -0.2) is 9.37 Å². The smallest absolute Gasteiger partial charge is 0.128 e. The minimum atomic E-state index is -0.306. The van der Waals surface area contributed by atoms with Crippen molar-refractivity contribution in [2.24, 2.45) is 0 Å². The highest BCUT2D eigenvalue weighted by Crippen LogP contribution is 2.36. The summed E-state index contributed by atoms with van der Waals surface area (Å²) in [6, 6.07) is 9.73. The molecule has 5 heteroatoms. The summed E-state index contributed by atoms with van der Waals surface area (Å²) in [7, 11) is 0. The molecule has 2 nitrogen and oxygen atoms in total. The fraction of sp³-hybridized carbons (Fsp3) is 0. The van der Waals surface area contributed by atoms with Crippen molar-refractivity contribution in [3.05, 3.63) is 46.7 Å². The third kappa shape index (κ3) is 2.00. The average Bonchev–Trinajstić information content (AvgIpc) is 2.71. The fourth-order valence-electron chi connectivity index (χ4n) is 1.70. The van der Waals surface area contributed by atoms with Gasteiger partial charge < -0.3 is 5.11 Å². The molecule has 1 N–H and O–H groups in total. The maximum atomic E-state index is 13.1. The Morgan fingerprint density at radius 2 is 2.00 bits per heavy atom. The zero-order chi connectivity index (χ0) is 12.7. The normalized spacial score (nSPS) is 11.0. The Kier molecular flexibility index (Phi) is 2.80. The van der Waals surface area contributed by atoms with Crippen molar-refractivity contribution in [1.29, 1.82) is 0 Å². The van der Waals surface area contributed by atoms with Crippen molar-refractivity contribution in [1.82, 2.24) is 4.98 Å². The fourth-order valence-corrected chi connectivity index (χ4v) is 3.03. The van der Waals surface area contributed by atoms with Crippen molar-refractivity contribution in [2.45, 2.75) is 0 Å². The van der Waals surface area contributed by atoms with Gasteiger partial charge in [-0.3, -0.25) is 0 Å². The van der Waals surface area contributed by atoms with E-state index in [1.165, 1.54) is 23.5 Å². The SMILES string of the molecule is Oc1cc(Br)ccc1-c1nc2cc(F)ccc2s1. The van der Waals surface area contributed by atoms with E-state index in [1.807, 2.05) is 6.07 Å². The molecule has 0 atom stereocenters. The summed E-state index contributed by atoms with van der Waals surface area (Å²) in [5.41, 5.74) is 1.26. The number of thiazole rings is 1. The van der Waals surface area contributed by atoms with Crippen molar-refractivity contribution >= 4 is 37.5 Å². The standard InChI is InChI=1S/C13H7BrFNOS/c14-7-1-3-9(11(17)5-7)13-16-10-6-8(15)2-4-12(10)18-13/h1-6,17H. The van der Waals surface area contributed by atoms with Crippen LogP contribution in [0.15, 0.2) is 40.9 Å². The van der Waals surface area contributed by atoms with Crippen molar-refractivity contribution < 1.29 is 9.50 Å². The molecule has 0 aliphatic rings. The van der Waals surface area contributed by atoms with Gasteiger partial charge in [-0.1, -0.05) is 15.9 Å². The molecule has 1 aromatic heterocycles. The first kappa shape index (κ1) is 11.6. The monoisotopic (exact) mass is 323 g/mol. The Bertz CT molecular complexity index is 741. The van der Waals surface area contributed by atoms with Gasteiger partial charge in [0.25, 0.3) is 0 Å². The van der Waals surface area contributed by atoms with Crippen molar-refractivity contribution in [3.63, 3.8) is 0 Å². The van der Waals surface area contributed by atoms with Gasteiger partial charge in [0.1, 0.15) is 16.6 Å². The number of hydrogen-bond acceptors (Lipinski definition) is 3. The molecule has 3 aromatic rings. The molecule has 1 heterocycles. The summed E-state index contributed by atoms with van der Waals surface area (Å²) in [5, 5.41) is 10.6. The van der Waals surface area contributed by atoms with E-state index in [0.29, 0.717) is 16.1 Å². The first-order valence-electron chi connectivity index (χ1n) is 5.18. The zero-order valence-corrected chi connectivity index (χ0v) is 11.4. The van der Waals surface area contributed by atoms with E-state index in [9.17, 15) is 9.50 Å². The van der Waals surface area contributed by atoms with Crippen LogP contribution in [0.5, 0.6) is 5.75 Å². The second kappa shape index (κ2) is 4.33. The van der Waals surface area contributed by atoms with Crippen LogP contribution < -0.4 is 0 Å². The minimum absolute atomic E-state index is 0.156. The van der Waals surface area contributed by atoms with Gasteiger partial charge in [0.2, 0.25) is 0 Å². The van der Waals surface area contributed by atoms with E-state index in [-0.39, 0.29) is 11.6 Å². The number of aromatic nitrogens is 1. The number of nitrogens with zero attached hydrogens (tertiary/aromatic N) is 1. The maximum absolute atomic E-state index is 13.1. The molecule has 0 aliphatic heterocycles. The minimum Gasteiger partial charge on any atom is -0.507 e. The van der Waals surface area contributed by atoms with E-state index in [1.54, 1.807) is 18.2 Å². The molecule has 0 radical (unpaired) electrons. The van der Waals surface area contributed by atoms with Crippen molar-refractivity contribution in [2.75, 3.05) is 0 Å². The van der Waals surface area contributed by atoms with Crippen LogP contribution in [0.25, 0.3) is 20.8 Å². The topological polar surface area (TPSA) is 33.1 Å². The Hall–Kier alpha value is -1.46. The van der Waals surface area contributed by atoms with Gasteiger partial charge in [0.05, 0.1) is 15.8 Å². The Morgan fingerprint density at radius 1 is 1.17 bits per heavy atom. The van der Waals surface area contributed by atoms with E-state index in [2.05, 4.69) is 20.9 Å². The van der Waals surface area contributed by atoms with Crippen LogP contribution >= 0.6 is 27.3 Å². The highest BCUT2D eigenvalue weighted by atomic mass is 79.9. The van der Waals surface area contributed by atoms with Crippen LogP contribution in [0, 0.1) is 5.82 Å². The molecule has 0 unspecified atom stereocenters. The molecule has 0 spiro atoms.